The van der Waals surface area contributed by atoms with Crippen molar-refractivity contribution in [1.29, 1.82) is 10.7 Å². The van der Waals surface area contributed by atoms with Gasteiger partial charge in [0.25, 0.3) is 0 Å². The molecule has 0 aromatic heterocycles. The number of carbonyl (C=O) groups is 2. The van der Waals surface area contributed by atoms with Gasteiger partial charge < -0.3 is 15.4 Å². The van der Waals surface area contributed by atoms with Gasteiger partial charge in [0.05, 0.1) is 45.7 Å². The Kier molecular flexibility index (Phi) is 5.63. The molecule has 2 amide bonds. The summed E-state index contributed by atoms with van der Waals surface area (Å²) in [4.78, 5) is 28.6. The van der Waals surface area contributed by atoms with Crippen LogP contribution in [0.1, 0.15) is 70.8 Å². The SMILES string of the molecule is C[C@@H]1C[C@H](N2C(=N)N[C@](C)(c3cccc(NC(=O)C45CC6CC4CC(C#N)(C6)C5)c3Cl)CC2=O)CCO1. The standard InChI is InChI=1S/C28H34ClN5O3/c1-16-8-19(6-7-37-16)34-22(35)13-26(2,33-25(34)31)20-4-3-5-21(23(20)29)32-24(36)28-11-17-9-18(28)12-27(10-17,14-28)15-30/h3-5,16-19H,6-14H2,1-2H3,(H2,31,33)(H,32,36)/t16-,17?,18?,19-,26+,27?,28?/m1/s1. The van der Waals surface area contributed by atoms with E-state index in [1.54, 1.807) is 11.0 Å². The van der Waals surface area contributed by atoms with Gasteiger partial charge in [-0.25, -0.2) is 0 Å². The van der Waals surface area contributed by atoms with Gasteiger partial charge in [-0.2, -0.15) is 5.26 Å². The zero-order chi connectivity index (χ0) is 26.2. The molecule has 4 saturated carbocycles. The van der Waals surface area contributed by atoms with Gasteiger partial charge in [-0.15, -0.1) is 0 Å². The van der Waals surface area contributed by atoms with Crippen LogP contribution in [0.2, 0.25) is 5.02 Å². The van der Waals surface area contributed by atoms with Crippen LogP contribution >= 0.6 is 11.6 Å². The second-order valence-electron chi connectivity index (χ2n) is 12.4. The Morgan fingerprint density at radius 2 is 2.14 bits per heavy atom. The molecule has 8 nitrogen and oxygen atoms in total. The molecule has 196 valence electrons. The third-order valence-corrected chi connectivity index (χ3v) is 10.2. The minimum absolute atomic E-state index is 0.0405. The molecule has 3 N–H and O–H groups in total. The number of nitrogens with one attached hydrogen (secondary N) is 3. The number of nitriles is 1. The quantitative estimate of drug-likeness (QED) is 0.535. The molecule has 2 saturated heterocycles. The van der Waals surface area contributed by atoms with E-state index in [2.05, 4.69) is 16.7 Å². The maximum Gasteiger partial charge on any atom is 0.232 e. The van der Waals surface area contributed by atoms with Gasteiger partial charge in [-0.1, -0.05) is 23.7 Å². The summed E-state index contributed by atoms with van der Waals surface area (Å²) in [7, 11) is 0. The van der Waals surface area contributed by atoms with Gasteiger partial charge in [0.15, 0.2) is 5.96 Å². The van der Waals surface area contributed by atoms with Gasteiger partial charge in [0.2, 0.25) is 11.8 Å². The molecule has 6 aliphatic rings. The minimum atomic E-state index is -0.882. The molecule has 2 aliphatic heterocycles. The summed E-state index contributed by atoms with van der Waals surface area (Å²) < 4.78 is 5.63. The van der Waals surface area contributed by atoms with Crippen LogP contribution in [0.5, 0.6) is 0 Å². The summed E-state index contributed by atoms with van der Waals surface area (Å²) in [6.45, 7) is 4.44. The summed E-state index contributed by atoms with van der Waals surface area (Å²) in [5, 5.41) is 25.3. The fraction of sp³-hybridized carbons (Fsp3) is 0.643. The number of anilines is 1. The fourth-order valence-corrected chi connectivity index (χ4v) is 8.71. The molecular formula is C28H34ClN5O3. The molecule has 4 aliphatic carbocycles. The van der Waals surface area contributed by atoms with Crippen LogP contribution in [0, 0.1) is 39.4 Å². The molecule has 7 rings (SSSR count). The number of nitrogens with zero attached hydrogens (tertiary/aromatic N) is 2. The molecule has 2 heterocycles. The van der Waals surface area contributed by atoms with Crippen molar-refractivity contribution >= 4 is 35.1 Å². The summed E-state index contributed by atoms with van der Waals surface area (Å²) in [6, 6.07) is 7.95. The number of rotatable bonds is 4. The summed E-state index contributed by atoms with van der Waals surface area (Å²) in [5.41, 5.74) is -0.548. The maximum atomic E-state index is 13.7. The van der Waals surface area contributed by atoms with Crippen molar-refractivity contribution in [2.45, 2.75) is 82.9 Å². The molecule has 0 radical (unpaired) electrons. The van der Waals surface area contributed by atoms with Crippen molar-refractivity contribution in [3.05, 3.63) is 28.8 Å². The Balaban J connectivity index is 1.23. The molecule has 6 fully saturated rings. The zero-order valence-electron chi connectivity index (χ0n) is 21.4. The molecular weight excluding hydrogens is 490 g/mol. The number of guanidine groups is 1. The number of ether oxygens (including phenoxy) is 1. The third-order valence-electron chi connectivity index (χ3n) is 9.78. The van der Waals surface area contributed by atoms with Gasteiger partial charge in [-0.05, 0) is 82.3 Å². The molecule has 4 bridgehead atoms. The van der Waals surface area contributed by atoms with Gasteiger partial charge >= 0.3 is 0 Å². The Morgan fingerprint density at radius 3 is 2.86 bits per heavy atom. The number of amides is 2. The predicted molar refractivity (Wildman–Crippen MR) is 139 cm³/mol. The average Bonchev–Trinajstić information content (AvgIpc) is 3.23. The Labute approximate surface area is 222 Å². The minimum Gasteiger partial charge on any atom is -0.378 e. The van der Waals surface area contributed by atoms with Crippen molar-refractivity contribution in [2.24, 2.45) is 22.7 Å². The molecule has 1 aromatic carbocycles. The first-order valence-electron chi connectivity index (χ1n) is 13.4. The lowest BCUT2D eigenvalue weighted by atomic mass is 9.67. The highest BCUT2D eigenvalue weighted by Crippen LogP contribution is 2.70. The summed E-state index contributed by atoms with van der Waals surface area (Å²) >= 11 is 6.90. The number of halogens is 1. The Bertz CT molecular complexity index is 1210. The monoisotopic (exact) mass is 523 g/mol. The van der Waals surface area contributed by atoms with Gasteiger partial charge in [-0.3, -0.25) is 19.9 Å². The van der Waals surface area contributed by atoms with Crippen LogP contribution in [-0.4, -0.2) is 41.4 Å². The van der Waals surface area contributed by atoms with Crippen LogP contribution in [0.25, 0.3) is 0 Å². The smallest absolute Gasteiger partial charge is 0.232 e. The van der Waals surface area contributed by atoms with E-state index in [9.17, 15) is 14.9 Å². The molecule has 0 spiro atoms. The second-order valence-corrected chi connectivity index (χ2v) is 12.7. The number of carbonyl (C=O) groups excluding carboxylic acids is 2. The molecule has 9 heteroatoms. The van der Waals surface area contributed by atoms with Crippen LogP contribution in [0.4, 0.5) is 5.69 Å². The van der Waals surface area contributed by atoms with E-state index in [-0.39, 0.29) is 47.7 Å². The van der Waals surface area contributed by atoms with Crippen LogP contribution in [0.3, 0.4) is 0 Å². The lowest BCUT2D eigenvalue weighted by Crippen LogP contribution is -2.63. The summed E-state index contributed by atoms with van der Waals surface area (Å²) in [6.07, 6.45) is 5.84. The molecule has 1 aromatic rings. The normalized spacial score (nSPS) is 40.4. The molecule has 7 atom stereocenters. The number of benzene rings is 1. The van der Waals surface area contributed by atoms with Crippen molar-refractivity contribution < 1.29 is 14.3 Å². The van der Waals surface area contributed by atoms with Crippen molar-refractivity contribution in [3.8, 4) is 6.07 Å². The molecule has 37 heavy (non-hydrogen) atoms. The van der Waals surface area contributed by atoms with Gasteiger partial charge in [0, 0.05) is 12.6 Å². The van der Waals surface area contributed by atoms with E-state index in [1.165, 1.54) is 0 Å². The van der Waals surface area contributed by atoms with Crippen molar-refractivity contribution in [2.75, 3.05) is 11.9 Å². The van der Waals surface area contributed by atoms with E-state index >= 15 is 0 Å². The number of hydrogen-bond donors (Lipinski definition) is 3. The Hall–Kier alpha value is -2.63. The molecule has 4 unspecified atom stereocenters. The van der Waals surface area contributed by atoms with Crippen molar-refractivity contribution in [3.63, 3.8) is 0 Å². The Morgan fingerprint density at radius 1 is 1.32 bits per heavy atom. The first-order valence-corrected chi connectivity index (χ1v) is 13.8. The van der Waals surface area contributed by atoms with Crippen LogP contribution in [0.15, 0.2) is 18.2 Å². The first-order chi connectivity index (χ1) is 17.6. The van der Waals surface area contributed by atoms with Gasteiger partial charge in [0.1, 0.15) is 0 Å². The fourth-order valence-electron chi connectivity index (χ4n) is 8.33. The zero-order valence-corrected chi connectivity index (χ0v) is 22.2. The summed E-state index contributed by atoms with van der Waals surface area (Å²) in [5.74, 6) is 0.617. The van der Waals surface area contributed by atoms with Crippen LogP contribution in [-0.2, 0) is 19.9 Å². The largest absolute Gasteiger partial charge is 0.378 e. The van der Waals surface area contributed by atoms with E-state index in [1.807, 2.05) is 26.0 Å². The first kappa shape index (κ1) is 24.7. The third kappa shape index (κ3) is 3.77. The van der Waals surface area contributed by atoms with Crippen molar-refractivity contribution in [1.82, 2.24) is 10.2 Å². The highest BCUT2D eigenvalue weighted by atomic mass is 35.5. The van der Waals surface area contributed by atoms with E-state index in [0.29, 0.717) is 48.1 Å². The van der Waals surface area contributed by atoms with E-state index in [0.717, 1.165) is 25.7 Å². The highest BCUT2D eigenvalue weighted by Gasteiger charge is 2.67. The number of hydrogen-bond acceptors (Lipinski definition) is 5. The lowest BCUT2D eigenvalue weighted by Gasteiger charge is -2.45. The second kappa shape index (κ2) is 8.44. The average molecular weight is 524 g/mol. The maximum absolute atomic E-state index is 13.7. The predicted octanol–water partition coefficient (Wildman–Crippen LogP) is 4.54. The van der Waals surface area contributed by atoms with E-state index in [4.69, 9.17) is 21.7 Å². The highest BCUT2D eigenvalue weighted by molar-refractivity contribution is 6.34. The van der Waals surface area contributed by atoms with E-state index < -0.39 is 11.0 Å². The topological polar surface area (TPSA) is 118 Å². The lowest BCUT2D eigenvalue weighted by molar-refractivity contribution is -0.134. The van der Waals surface area contributed by atoms with Crippen LogP contribution < -0.4 is 10.6 Å².